The zero-order chi connectivity index (χ0) is 8.43. The predicted octanol–water partition coefficient (Wildman–Crippen LogP) is 1.12. The third-order valence-corrected chi connectivity index (χ3v) is 1.79. The van der Waals surface area contributed by atoms with Crippen LogP contribution < -0.4 is 5.73 Å². The zero-order valence-corrected chi connectivity index (χ0v) is 7.00. The number of carbonyl (C=O) groups is 1. The molecular formula is C6H5BrN2O2. The van der Waals surface area contributed by atoms with Crippen molar-refractivity contribution in [1.29, 1.82) is 0 Å². The van der Waals surface area contributed by atoms with Gasteiger partial charge in [0.05, 0.1) is 11.9 Å². The maximum Gasteiger partial charge on any atom is 0.354 e. The molecule has 58 valence electrons. The van der Waals surface area contributed by atoms with Gasteiger partial charge in [-0.1, -0.05) is 0 Å². The van der Waals surface area contributed by atoms with Crippen LogP contribution in [0.25, 0.3) is 0 Å². The van der Waals surface area contributed by atoms with Crippen molar-refractivity contribution in [2.45, 2.75) is 0 Å². The number of carboxylic acid groups (broad SMARTS) is 1. The topological polar surface area (TPSA) is 76.2 Å². The Bertz CT molecular complexity index is 301. The molecule has 0 saturated heterocycles. The van der Waals surface area contributed by atoms with Gasteiger partial charge in [-0.2, -0.15) is 0 Å². The molecule has 0 radical (unpaired) electrons. The van der Waals surface area contributed by atoms with E-state index in [2.05, 4.69) is 20.9 Å². The van der Waals surface area contributed by atoms with Gasteiger partial charge in [-0.15, -0.1) is 0 Å². The Balaban J connectivity index is 3.15. The van der Waals surface area contributed by atoms with E-state index in [1.165, 1.54) is 12.3 Å². The Morgan fingerprint density at radius 2 is 2.36 bits per heavy atom. The van der Waals surface area contributed by atoms with Gasteiger partial charge in [0.2, 0.25) is 0 Å². The highest BCUT2D eigenvalue weighted by Crippen LogP contribution is 2.17. The van der Waals surface area contributed by atoms with Gasteiger partial charge in [0.1, 0.15) is 5.69 Å². The first-order valence-electron chi connectivity index (χ1n) is 2.75. The summed E-state index contributed by atoms with van der Waals surface area (Å²) in [5.41, 5.74) is 5.79. The minimum absolute atomic E-state index is 0.0222. The average molecular weight is 217 g/mol. The van der Waals surface area contributed by atoms with E-state index < -0.39 is 5.97 Å². The molecule has 11 heavy (non-hydrogen) atoms. The molecule has 0 aliphatic rings. The molecule has 0 bridgehead atoms. The normalized spacial score (nSPS) is 9.55. The van der Waals surface area contributed by atoms with Crippen molar-refractivity contribution in [3.8, 4) is 0 Å². The molecule has 1 heterocycles. The summed E-state index contributed by atoms with van der Waals surface area (Å²) in [5.74, 6) is -1.06. The van der Waals surface area contributed by atoms with E-state index in [1.54, 1.807) is 0 Å². The van der Waals surface area contributed by atoms with Gasteiger partial charge >= 0.3 is 5.97 Å². The Hall–Kier alpha value is -1.10. The Kier molecular flexibility index (Phi) is 2.09. The SMILES string of the molecule is Nc1cnc(C(=O)O)cc1Br. The van der Waals surface area contributed by atoms with E-state index in [-0.39, 0.29) is 5.69 Å². The third kappa shape index (κ3) is 1.68. The van der Waals surface area contributed by atoms with Crippen LogP contribution in [-0.4, -0.2) is 16.1 Å². The summed E-state index contributed by atoms with van der Waals surface area (Å²) in [4.78, 5) is 13.9. The maximum atomic E-state index is 10.3. The number of aromatic carboxylic acids is 1. The van der Waals surface area contributed by atoms with Gasteiger partial charge < -0.3 is 10.8 Å². The van der Waals surface area contributed by atoms with Crippen molar-refractivity contribution in [1.82, 2.24) is 4.98 Å². The van der Waals surface area contributed by atoms with Crippen molar-refractivity contribution in [2.75, 3.05) is 5.73 Å². The van der Waals surface area contributed by atoms with Crippen LogP contribution in [-0.2, 0) is 0 Å². The van der Waals surface area contributed by atoms with Crippen molar-refractivity contribution in [2.24, 2.45) is 0 Å². The highest BCUT2D eigenvalue weighted by molar-refractivity contribution is 9.10. The molecule has 0 fully saturated rings. The second kappa shape index (κ2) is 2.87. The number of anilines is 1. The van der Waals surface area contributed by atoms with Crippen LogP contribution in [0.5, 0.6) is 0 Å². The van der Waals surface area contributed by atoms with E-state index in [0.717, 1.165) is 0 Å². The van der Waals surface area contributed by atoms with Gasteiger partial charge in [-0.25, -0.2) is 9.78 Å². The molecule has 5 heteroatoms. The number of nitrogens with zero attached hydrogens (tertiary/aromatic N) is 1. The van der Waals surface area contributed by atoms with Gasteiger partial charge in [-0.05, 0) is 22.0 Å². The van der Waals surface area contributed by atoms with E-state index in [9.17, 15) is 4.79 Å². The minimum Gasteiger partial charge on any atom is -0.477 e. The standard InChI is InChI=1S/C6H5BrN2O2/c7-3-1-5(6(10)11)9-2-4(3)8/h1-2H,8H2,(H,10,11). The molecule has 0 saturated carbocycles. The van der Waals surface area contributed by atoms with Crippen molar-refractivity contribution < 1.29 is 9.90 Å². The lowest BCUT2D eigenvalue weighted by Crippen LogP contribution is -2.00. The van der Waals surface area contributed by atoms with Crippen LogP contribution in [0.2, 0.25) is 0 Å². The van der Waals surface area contributed by atoms with Crippen molar-refractivity contribution in [3.63, 3.8) is 0 Å². The van der Waals surface area contributed by atoms with Crippen molar-refractivity contribution in [3.05, 3.63) is 22.4 Å². The summed E-state index contributed by atoms with van der Waals surface area (Å²) < 4.78 is 0.546. The first-order valence-corrected chi connectivity index (χ1v) is 3.55. The summed E-state index contributed by atoms with van der Waals surface area (Å²) >= 11 is 3.09. The number of rotatable bonds is 1. The zero-order valence-electron chi connectivity index (χ0n) is 5.41. The molecule has 0 aliphatic heterocycles. The number of pyridine rings is 1. The molecule has 0 aliphatic carbocycles. The number of aromatic nitrogens is 1. The van der Waals surface area contributed by atoms with Crippen LogP contribution in [0.1, 0.15) is 10.5 Å². The Morgan fingerprint density at radius 3 is 2.82 bits per heavy atom. The van der Waals surface area contributed by atoms with Gasteiger partial charge in [0, 0.05) is 4.47 Å². The van der Waals surface area contributed by atoms with Gasteiger partial charge in [0.15, 0.2) is 0 Å². The van der Waals surface area contributed by atoms with Gasteiger partial charge in [0.25, 0.3) is 0 Å². The fourth-order valence-electron chi connectivity index (χ4n) is 0.558. The maximum absolute atomic E-state index is 10.3. The van der Waals surface area contributed by atoms with Crippen LogP contribution in [0.3, 0.4) is 0 Å². The van der Waals surface area contributed by atoms with Crippen molar-refractivity contribution >= 4 is 27.6 Å². The fraction of sp³-hybridized carbons (Fsp3) is 0. The third-order valence-electron chi connectivity index (χ3n) is 1.10. The Labute approximate surface area is 71.2 Å². The van der Waals surface area contributed by atoms with Gasteiger partial charge in [-0.3, -0.25) is 0 Å². The minimum atomic E-state index is -1.06. The number of nitrogen functional groups attached to an aromatic ring is 1. The summed E-state index contributed by atoms with van der Waals surface area (Å²) in [6.07, 6.45) is 1.30. The lowest BCUT2D eigenvalue weighted by atomic mass is 10.3. The molecule has 0 spiro atoms. The monoisotopic (exact) mass is 216 g/mol. The number of halogens is 1. The predicted molar refractivity (Wildman–Crippen MR) is 43.3 cm³/mol. The number of hydrogen-bond acceptors (Lipinski definition) is 3. The molecule has 1 aromatic rings. The highest BCUT2D eigenvalue weighted by Gasteiger charge is 2.05. The number of nitrogens with two attached hydrogens (primary N) is 1. The molecular weight excluding hydrogens is 212 g/mol. The quantitative estimate of drug-likeness (QED) is 0.738. The molecule has 3 N–H and O–H groups in total. The van der Waals surface area contributed by atoms with E-state index in [4.69, 9.17) is 10.8 Å². The van der Waals surface area contributed by atoms with Crippen LogP contribution in [0, 0.1) is 0 Å². The fourth-order valence-corrected chi connectivity index (χ4v) is 0.878. The summed E-state index contributed by atoms with van der Waals surface area (Å²) in [7, 11) is 0. The molecule has 1 aromatic heterocycles. The second-order valence-corrected chi connectivity index (χ2v) is 2.75. The van der Waals surface area contributed by atoms with E-state index in [0.29, 0.717) is 10.2 Å². The molecule has 0 atom stereocenters. The molecule has 0 amide bonds. The van der Waals surface area contributed by atoms with E-state index in [1.807, 2.05) is 0 Å². The van der Waals surface area contributed by atoms with Crippen LogP contribution >= 0.6 is 15.9 Å². The highest BCUT2D eigenvalue weighted by atomic mass is 79.9. The smallest absolute Gasteiger partial charge is 0.354 e. The van der Waals surface area contributed by atoms with Crippen LogP contribution in [0.4, 0.5) is 5.69 Å². The number of carboxylic acids is 1. The Morgan fingerprint density at radius 1 is 1.73 bits per heavy atom. The number of hydrogen-bond donors (Lipinski definition) is 2. The second-order valence-electron chi connectivity index (χ2n) is 1.90. The largest absolute Gasteiger partial charge is 0.477 e. The molecule has 1 rings (SSSR count). The molecule has 4 nitrogen and oxygen atoms in total. The summed E-state index contributed by atoms with van der Waals surface area (Å²) in [6.45, 7) is 0. The summed E-state index contributed by atoms with van der Waals surface area (Å²) in [6, 6.07) is 1.36. The van der Waals surface area contributed by atoms with E-state index >= 15 is 0 Å². The lowest BCUT2D eigenvalue weighted by molar-refractivity contribution is 0.0690. The lowest BCUT2D eigenvalue weighted by Gasteiger charge is -1.97. The first-order chi connectivity index (χ1) is 5.11. The average Bonchev–Trinajstić information content (AvgIpc) is 1.94. The molecule has 0 unspecified atom stereocenters. The summed E-state index contributed by atoms with van der Waals surface area (Å²) in [5, 5.41) is 8.48. The first kappa shape index (κ1) is 8.00. The molecule has 0 aromatic carbocycles. The van der Waals surface area contributed by atoms with Crippen LogP contribution in [0.15, 0.2) is 16.7 Å².